The average Bonchev–Trinajstić information content (AvgIpc) is 2.55. The molecule has 1 aromatic heterocycles. The van der Waals surface area contributed by atoms with E-state index >= 15 is 0 Å². The van der Waals surface area contributed by atoms with Crippen LogP contribution in [0.2, 0.25) is 0 Å². The third-order valence-corrected chi connectivity index (χ3v) is 3.64. The van der Waals surface area contributed by atoms with E-state index in [4.69, 9.17) is 4.74 Å². The first-order valence-corrected chi connectivity index (χ1v) is 7.52. The summed E-state index contributed by atoms with van der Waals surface area (Å²) in [5.74, 6) is 0.328. The highest BCUT2D eigenvalue weighted by Crippen LogP contribution is 2.26. The average molecular weight is 295 g/mol. The van der Waals surface area contributed by atoms with Crippen molar-refractivity contribution in [3.63, 3.8) is 0 Å². The molecule has 0 atom stereocenters. The molecule has 22 heavy (non-hydrogen) atoms. The maximum atomic E-state index is 13.7. The summed E-state index contributed by atoms with van der Waals surface area (Å²) < 4.78 is 19.6. The number of nitrogens with zero attached hydrogens (tertiary/aromatic N) is 1. The highest BCUT2D eigenvalue weighted by Gasteiger charge is 2.07. The van der Waals surface area contributed by atoms with Crippen LogP contribution < -0.4 is 4.74 Å². The molecule has 0 aliphatic carbocycles. The Balaban J connectivity index is 1.78. The van der Waals surface area contributed by atoms with Crippen LogP contribution in [-0.2, 0) is 13.0 Å². The van der Waals surface area contributed by atoms with Crippen LogP contribution in [0.25, 0.3) is 10.9 Å². The number of benzene rings is 2. The lowest BCUT2D eigenvalue weighted by molar-refractivity contribution is 0.309. The second-order valence-corrected chi connectivity index (χ2v) is 5.30. The van der Waals surface area contributed by atoms with E-state index in [1.54, 1.807) is 18.3 Å². The second-order valence-electron chi connectivity index (χ2n) is 5.30. The van der Waals surface area contributed by atoms with Gasteiger partial charge in [0.05, 0.1) is 0 Å². The van der Waals surface area contributed by atoms with Gasteiger partial charge in [0.2, 0.25) is 0 Å². The molecule has 0 saturated heterocycles. The van der Waals surface area contributed by atoms with E-state index in [9.17, 15) is 4.39 Å². The number of rotatable bonds is 5. The summed E-state index contributed by atoms with van der Waals surface area (Å²) in [6, 6.07) is 15.1. The van der Waals surface area contributed by atoms with Crippen LogP contribution in [0.3, 0.4) is 0 Å². The zero-order valence-corrected chi connectivity index (χ0v) is 12.6. The minimum absolute atomic E-state index is 0.327. The summed E-state index contributed by atoms with van der Waals surface area (Å²) in [6.07, 6.45) is 3.81. The molecule has 0 saturated carbocycles. The van der Waals surface area contributed by atoms with Crippen LogP contribution in [0.15, 0.2) is 54.7 Å². The number of halogens is 1. The van der Waals surface area contributed by atoms with Gasteiger partial charge >= 0.3 is 0 Å². The Bertz CT molecular complexity index is 768. The lowest BCUT2D eigenvalue weighted by Crippen LogP contribution is -1.97. The van der Waals surface area contributed by atoms with Gasteiger partial charge in [-0.1, -0.05) is 43.7 Å². The van der Waals surface area contributed by atoms with Gasteiger partial charge in [0.1, 0.15) is 23.7 Å². The van der Waals surface area contributed by atoms with E-state index in [1.165, 1.54) is 11.6 Å². The van der Waals surface area contributed by atoms with Gasteiger partial charge in [-0.25, -0.2) is 4.39 Å². The fourth-order valence-corrected chi connectivity index (χ4v) is 2.49. The molecular weight excluding hydrogens is 277 g/mol. The third-order valence-electron chi connectivity index (χ3n) is 3.64. The summed E-state index contributed by atoms with van der Waals surface area (Å²) in [5.41, 5.74) is 2.78. The van der Waals surface area contributed by atoms with Crippen molar-refractivity contribution >= 4 is 10.9 Å². The van der Waals surface area contributed by atoms with Crippen molar-refractivity contribution < 1.29 is 9.13 Å². The molecule has 112 valence electrons. The molecule has 2 nitrogen and oxygen atoms in total. The van der Waals surface area contributed by atoms with Crippen molar-refractivity contribution in [1.29, 1.82) is 0 Å². The van der Waals surface area contributed by atoms with Gasteiger partial charge in [-0.3, -0.25) is 4.98 Å². The number of aryl methyl sites for hydroxylation is 1. The smallest absolute Gasteiger partial charge is 0.149 e. The van der Waals surface area contributed by atoms with Crippen molar-refractivity contribution in [3.8, 4) is 5.75 Å². The van der Waals surface area contributed by atoms with Crippen LogP contribution in [0.1, 0.15) is 24.5 Å². The first-order chi connectivity index (χ1) is 10.8. The number of pyridine rings is 1. The van der Waals surface area contributed by atoms with Crippen LogP contribution in [-0.4, -0.2) is 4.98 Å². The maximum absolute atomic E-state index is 13.7. The van der Waals surface area contributed by atoms with Gasteiger partial charge in [0.15, 0.2) is 0 Å². The maximum Gasteiger partial charge on any atom is 0.149 e. The molecule has 0 fully saturated rings. The van der Waals surface area contributed by atoms with Crippen molar-refractivity contribution in [2.45, 2.75) is 26.4 Å². The van der Waals surface area contributed by atoms with Gasteiger partial charge in [-0.05, 0) is 35.7 Å². The van der Waals surface area contributed by atoms with Crippen molar-refractivity contribution in [2.75, 3.05) is 0 Å². The summed E-state index contributed by atoms with van der Waals surface area (Å²) in [5, 5.41) is 0.699. The summed E-state index contributed by atoms with van der Waals surface area (Å²) in [7, 11) is 0. The molecule has 0 amide bonds. The number of hydrogen-bond acceptors (Lipinski definition) is 2. The normalized spacial score (nSPS) is 10.8. The van der Waals surface area contributed by atoms with E-state index < -0.39 is 0 Å². The van der Waals surface area contributed by atoms with Gasteiger partial charge in [-0.15, -0.1) is 0 Å². The van der Waals surface area contributed by atoms with Gasteiger partial charge in [0, 0.05) is 11.6 Å². The molecule has 1 heterocycles. The molecule has 3 aromatic rings. The number of para-hydroxylation sites is 1. The highest BCUT2D eigenvalue weighted by atomic mass is 19.1. The zero-order chi connectivity index (χ0) is 15.4. The predicted molar refractivity (Wildman–Crippen MR) is 86.5 cm³/mol. The molecule has 3 rings (SSSR count). The van der Waals surface area contributed by atoms with Crippen LogP contribution in [0, 0.1) is 5.82 Å². The van der Waals surface area contributed by atoms with Crippen LogP contribution in [0.5, 0.6) is 5.75 Å². The van der Waals surface area contributed by atoms with E-state index in [1.807, 2.05) is 6.07 Å². The summed E-state index contributed by atoms with van der Waals surface area (Å²) >= 11 is 0. The SMILES string of the molecule is CCCc1ccc(COc2ccnc3c(F)cccc23)cc1. The van der Waals surface area contributed by atoms with Crippen molar-refractivity contribution in [1.82, 2.24) is 4.98 Å². The minimum atomic E-state index is -0.327. The number of hydrogen-bond donors (Lipinski definition) is 0. The Hall–Kier alpha value is -2.42. The molecule has 0 spiro atoms. The van der Waals surface area contributed by atoms with Crippen molar-refractivity contribution in [2.24, 2.45) is 0 Å². The Kier molecular flexibility index (Phi) is 4.33. The molecule has 0 bridgehead atoms. The Morgan fingerprint density at radius 3 is 2.55 bits per heavy atom. The largest absolute Gasteiger partial charge is 0.488 e. The third kappa shape index (κ3) is 3.08. The molecule has 0 aliphatic rings. The Morgan fingerprint density at radius 2 is 1.77 bits per heavy atom. The molecule has 0 N–H and O–H groups in total. The molecule has 0 unspecified atom stereocenters. The number of ether oxygens (including phenoxy) is 1. The van der Waals surface area contributed by atoms with Crippen LogP contribution in [0.4, 0.5) is 4.39 Å². The minimum Gasteiger partial charge on any atom is -0.488 e. The first kappa shape index (κ1) is 14.5. The fourth-order valence-electron chi connectivity index (χ4n) is 2.49. The molecule has 3 heteroatoms. The molecule has 0 radical (unpaired) electrons. The van der Waals surface area contributed by atoms with Gasteiger partial charge < -0.3 is 4.74 Å². The summed E-state index contributed by atoms with van der Waals surface area (Å²) in [4.78, 5) is 4.07. The van der Waals surface area contributed by atoms with E-state index in [-0.39, 0.29) is 5.82 Å². The quantitative estimate of drug-likeness (QED) is 0.667. The Morgan fingerprint density at radius 1 is 1.00 bits per heavy atom. The zero-order valence-electron chi connectivity index (χ0n) is 12.6. The first-order valence-electron chi connectivity index (χ1n) is 7.52. The lowest BCUT2D eigenvalue weighted by atomic mass is 10.1. The highest BCUT2D eigenvalue weighted by molar-refractivity contribution is 5.85. The molecule has 0 aliphatic heterocycles. The number of fused-ring (bicyclic) bond motifs is 1. The fraction of sp³-hybridized carbons (Fsp3) is 0.211. The predicted octanol–water partition coefficient (Wildman–Crippen LogP) is 4.91. The molecule has 2 aromatic carbocycles. The van der Waals surface area contributed by atoms with Gasteiger partial charge in [0.25, 0.3) is 0 Å². The van der Waals surface area contributed by atoms with Crippen molar-refractivity contribution in [3.05, 3.63) is 71.7 Å². The second kappa shape index (κ2) is 6.56. The Labute approximate surface area is 129 Å². The van der Waals surface area contributed by atoms with Gasteiger partial charge in [-0.2, -0.15) is 0 Å². The summed E-state index contributed by atoms with van der Waals surface area (Å²) in [6.45, 7) is 2.63. The van der Waals surface area contributed by atoms with E-state index in [0.29, 0.717) is 23.3 Å². The number of aromatic nitrogens is 1. The monoisotopic (exact) mass is 295 g/mol. The lowest BCUT2D eigenvalue weighted by Gasteiger charge is -2.10. The van der Waals surface area contributed by atoms with E-state index in [0.717, 1.165) is 18.4 Å². The van der Waals surface area contributed by atoms with Crippen LogP contribution >= 0.6 is 0 Å². The standard InChI is InChI=1S/C19H18FNO/c1-2-4-14-7-9-15(10-8-14)13-22-18-11-12-21-19-16(18)5-3-6-17(19)20/h3,5-12H,2,4,13H2,1H3. The topological polar surface area (TPSA) is 22.1 Å². The molecular formula is C19H18FNO. The van der Waals surface area contributed by atoms with E-state index in [2.05, 4.69) is 36.2 Å².